The zero-order chi connectivity index (χ0) is 17.2. The molecule has 1 amide bonds. The molecule has 0 bridgehead atoms. The second-order valence-corrected chi connectivity index (χ2v) is 8.12. The molecule has 138 valence electrons. The Balaban J connectivity index is 1.22. The average Bonchev–Trinajstić information content (AvgIpc) is 3.24. The number of aryl methyl sites for hydroxylation is 1. The Morgan fingerprint density at radius 3 is 2.68 bits per heavy atom. The van der Waals surface area contributed by atoms with Crippen LogP contribution in [0.1, 0.15) is 44.1 Å². The summed E-state index contributed by atoms with van der Waals surface area (Å²) in [7, 11) is 0. The number of piperidine rings is 1. The van der Waals surface area contributed by atoms with Crippen LogP contribution in [-0.4, -0.2) is 69.8 Å². The van der Waals surface area contributed by atoms with Crippen LogP contribution in [0.4, 0.5) is 0 Å². The number of nitrogens with zero attached hydrogens (tertiary/aromatic N) is 4. The van der Waals surface area contributed by atoms with E-state index in [0.29, 0.717) is 18.6 Å². The van der Waals surface area contributed by atoms with E-state index in [9.17, 15) is 4.79 Å². The molecule has 2 aliphatic heterocycles. The van der Waals surface area contributed by atoms with E-state index in [1.54, 1.807) is 0 Å². The molecule has 1 aromatic rings. The predicted octanol–water partition coefficient (Wildman–Crippen LogP) is 1.40. The van der Waals surface area contributed by atoms with E-state index < -0.39 is 0 Å². The molecule has 6 nitrogen and oxygen atoms in total. The van der Waals surface area contributed by atoms with E-state index in [-0.39, 0.29) is 5.91 Å². The second-order valence-electron chi connectivity index (χ2n) is 8.12. The Kier molecular flexibility index (Phi) is 5.08. The number of rotatable bonds is 6. The minimum absolute atomic E-state index is 0.202. The van der Waals surface area contributed by atoms with Crippen molar-refractivity contribution in [3.05, 3.63) is 18.0 Å². The zero-order valence-corrected chi connectivity index (χ0v) is 15.4. The maximum absolute atomic E-state index is 12.5. The summed E-state index contributed by atoms with van der Waals surface area (Å²) < 4.78 is 2.02. The highest BCUT2D eigenvalue weighted by molar-refractivity contribution is 5.78. The van der Waals surface area contributed by atoms with E-state index >= 15 is 0 Å². The Hall–Kier alpha value is -1.40. The van der Waals surface area contributed by atoms with Gasteiger partial charge in [-0.1, -0.05) is 0 Å². The first-order valence-corrected chi connectivity index (χ1v) is 9.94. The molecule has 2 saturated heterocycles. The lowest BCUT2D eigenvalue weighted by Gasteiger charge is -2.33. The molecule has 1 atom stereocenters. The van der Waals surface area contributed by atoms with Crippen molar-refractivity contribution in [2.24, 2.45) is 0 Å². The van der Waals surface area contributed by atoms with Crippen LogP contribution in [0.3, 0.4) is 0 Å². The third-order valence-electron chi connectivity index (χ3n) is 5.96. The van der Waals surface area contributed by atoms with Gasteiger partial charge in [0.15, 0.2) is 0 Å². The first-order chi connectivity index (χ1) is 12.2. The van der Waals surface area contributed by atoms with Gasteiger partial charge in [-0.15, -0.1) is 0 Å². The van der Waals surface area contributed by atoms with E-state index in [1.165, 1.54) is 24.8 Å². The molecule has 1 aromatic heterocycles. The van der Waals surface area contributed by atoms with Crippen LogP contribution in [0, 0.1) is 6.92 Å². The number of likely N-dealkylation sites (tertiary alicyclic amines) is 2. The van der Waals surface area contributed by atoms with Crippen molar-refractivity contribution >= 4 is 5.91 Å². The average molecular weight is 345 g/mol. The number of hydrogen-bond donors (Lipinski definition) is 1. The summed E-state index contributed by atoms with van der Waals surface area (Å²) in [5.41, 5.74) is 1.19. The SMILES string of the molecule is Cc1cnn(C[C@H]2CCCN2CC(=O)NC2CCN(C3CC3)CC2)c1. The summed E-state index contributed by atoms with van der Waals surface area (Å²) in [4.78, 5) is 17.4. The van der Waals surface area contributed by atoms with Crippen molar-refractivity contribution in [2.75, 3.05) is 26.2 Å². The minimum atomic E-state index is 0.202. The van der Waals surface area contributed by atoms with E-state index in [4.69, 9.17) is 0 Å². The lowest BCUT2D eigenvalue weighted by molar-refractivity contribution is -0.123. The summed E-state index contributed by atoms with van der Waals surface area (Å²) in [5.74, 6) is 0.202. The first-order valence-electron chi connectivity index (χ1n) is 9.94. The van der Waals surface area contributed by atoms with Crippen molar-refractivity contribution in [2.45, 2.75) is 70.1 Å². The van der Waals surface area contributed by atoms with Crippen LogP contribution in [0.25, 0.3) is 0 Å². The fourth-order valence-electron chi connectivity index (χ4n) is 4.40. The van der Waals surface area contributed by atoms with Crippen molar-refractivity contribution < 1.29 is 4.79 Å². The minimum Gasteiger partial charge on any atom is -0.352 e. The highest BCUT2D eigenvalue weighted by atomic mass is 16.2. The molecule has 6 heteroatoms. The highest BCUT2D eigenvalue weighted by Gasteiger charge is 2.32. The largest absolute Gasteiger partial charge is 0.352 e. The summed E-state index contributed by atoms with van der Waals surface area (Å²) >= 11 is 0. The number of aromatic nitrogens is 2. The molecule has 0 spiro atoms. The Morgan fingerprint density at radius 1 is 1.20 bits per heavy atom. The van der Waals surface area contributed by atoms with Gasteiger partial charge in [-0.25, -0.2) is 0 Å². The summed E-state index contributed by atoms with van der Waals surface area (Å²) in [6.45, 7) is 6.83. The van der Waals surface area contributed by atoms with Gasteiger partial charge in [0.1, 0.15) is 0 Å². The molecule has 1 saturated carbocycles. The Bertz CT molecular complexity index is 588. The molecule has 0 unspecified atom stereocenters. The third-order valence-corrected chi connectivity index (χ3v) is 5.96. The Morgan fingerprint density at radius 2 is 2.00 bits per heavy atom. The standard InChI is InChI=1S/C19H31N5O/c1-15-11-20-24(12-15)13-18-3-2-8-23(18)14-19(25)21-16-6-9-22(10-7-16)17-4-5-17/h11-12,16-18H,2-10,13-14H2,1H3,(H,21,25)/t18-/m1/s1. The zero-order valence-electron chi connectivity index (χ0n) is 15.4. The van der Waals surface area contributed by atoms with Gasteiger partial charge in [0.25, 0.3) is 0 Å². The smallest absolute Gasteiger partial charge is 0.234 e. The molecule has 4 rings (SSSR count). The van der Waals surface area contributed by atoms with Crippen molar-refractivity contribution in [1.82, 2.24) is 24.9 Å². The molecule has 3 aliphatic rings. The van der Waals surface area contributed by atoms with Crippen LogP contribution in [-0.2, 0) is 11.3 Å². The fraction of sp³-hybridized carbons (Fsp3) is 0.789. The molecule has 3 heterocycles. The predicted molar refractivity (Wildman–Crippen MR) is 97.3 cm³/mol. The van der Waals surface area contributed by atoms with E-state index in [0.717, 1.165) is 51.5 Å². The summed E-state index contributed by atoms with van der Waals surface area (Å²) in [6.07, 6.45) is 11.3. The normalized spacial score (nSPS) is 26.2. The van der Waals surface area contributed by atoms with Gasteiger partial charge < -0.3 is 10.2 Å². The molecule has 3 fully saturated rings. The van der Waals surface area contributed by atoms with Crippen LogP contribution < -0.4 is 5.32 Å². The molecule has 0 radical (unpaired) electrons. The van der Waals surface area contributed by atoms with Crippen molar-refractivity contribution in [1.29, 1.82) is 0 Å². The maximum atomic E-state index is 12.5. The van der Waals surface area contributed by atoms with Crippen molar-refractivity contribution in [3.63, 3.8) is 0 Å². The maximum Gasteiger partial charge on any atom is 0.234 e. The van der Waals surface area contributed by atoms with Gasteiger partial charge in [-0.05, 0) is 57.6 Å². The van der Waals surface area contributed by atoms with Gasteiger partial charge in [-0.3, -0.25) is 14.4 Å². The van der Waals surface area contributed by atoms with Crippen LogP contribution >= 0.6 is 0 Å². The van der Waals surface area contributed by atoms with E-state index in [2.05, 4.69) is 33.3 Å². The number of carbonyl (C=O) groups excluding carboxylic acids is 1. The monoisotopic (exact) mass is 345 g/mol. The lowest BCUT2D eigenvalue weighted by atomic mass is 10.0. The number of nitrogens with one attached hydrogen (secondary N) is 1. The molecule has 1 N–H and O–H groups in total. The van der Waals surface area contributed by atoms with Crippen molar-refractivity contribution in [3.8, 4) is 0 Å². The fourth-order valence-corrected chi connectivity index (χ4v) is 4.40. The molecule has 1 aliphatic carbocycles. The third kappa shape index (κ3) is 4.42. The van der Waals surface area contributed by atoms with E-state index in [1.807, 2.05) is 10.9 Å². The summed E-state index contributed by atoms with van der Waals surface area (Å²) in [5, 5.41) is 7.68. The van der Waals surface area contributed by atoms with Gasteiger partial charge in [0, 0.05) is 37.4 Å². The molecular formula is C19H31N5O. The Labute approximate surface area is 150 Å². The quantitative estimate of drug-likeness (QED) is 0.847. The highest BCUT2D eigenvalue weighted by Crippen LogP contribution is 2.29. The summed E-state index contributed by atoms with van der Waals surface area (Å²) in [6, 6.07) is 1.66. The molecule has 0 aromatic carbocycles. The number of hydrogen-bond acceptors (Lipinski definition) is 4. The molecular weight excluding hydrogens is 314 g/mol. The topological polar surface area (TPSA) is 53.4 Å². The van der Waals surface area contributed by atoms with Gasteiger partial charge in [0.05, 0.1) is 19.3 Å². The molecule has 25 heavy (non-hydrogen) atoms. The van der Waals surface area contributed by atoms with Gasteiger partial charge in [0.2, 0.25) is 5.91 Å². The van der Waals surface area contributed by atoms with Gasteiger partial charge >= 0.3 is 0 Å². The first kappa shape index (κ1) is 17.0. The second kappa shape index (κ2) is 7.46. The lowest BCUT2D eigenvalue weighted by Crippen LogP contribution is -2.48. The van der Waals surface area contributed by atoms with Gasteiger partial charge in [-0.2, -0.15) is 5.10 Å². The van der Waals surface area contributed by atoms with Crippen LogP contribution in [0.2, 0.25) is 0 Å². The number of amides is 1. The number of carbonyl (C=O) groups is 1. The van der Waals surface area contributed by atoms with Crippen LogP contribution in [0.5, 0.6) is 0 Å². The van der Waals surface area contributed by atoms with Crippen LogP contribution in [0.15, 0.2) is 12.4 Å².